The monoisotopic (exact) mass is 432 g/mol. The predicted molar refractivity (Wildman–Crippen MR) is 130 cm³/mol. The summed E-state index contributed by atoms with van der Waals surface area (Å²) >= 11 is 0. The van der Waals surface area contributed by atoms with Crippen LogP contribution in [0.4, 0.5) is 0 Å². The van der Waals surface area contributed by atoms with Crippen LogP contribution in [0.1, 0.15) is 73.6 Å². The molecule has 2 aromatic rings. The maximum Gasteiger partial charge on any atom is 0.247 e. The largest absolute Gasteiger partial charge is 0.384 e. The first-order valence-corrected chi connectivity index (χ1v) is 12.3. The summed E-state index contributed by atoms with van der Waals surface area (Å²) in [4.78, 5) is 14.3. The highest BCUT2D eigenvalue weighted by Crippen LogP contribution is 2.51. The lowest BCUT2D eigenvalue weighted by Crippen LogP contribution is -2.52. The molecule has 0 amide bonds. The van der Waals surface area contributed by atoms with Gasteiger partial charge in [-0.2, -0.15) is 0 Å². The van der Waals surface area contributed by atoms with Crippen molar-refractivity contribution in [1.82, 2.24) is 10.3 Å². The quantitative estimate of drug-likeness (QED) is 0.613. The molecule has 4 heteroatoms. The Labute approximate surface area is 191 Å². The lowest BCUT2D eigenvalue weighted by atomic mass is 9.63. The zero-order chi connectivity index (χ0) is 22.2. The first-order valence-electron chi connectivity index (χ1n) is 12.3. The average Bonchev–Trinajstić information content (AvgIpc) is 2.76. The van der Waals surface area contributed by atoms with E-state index in [2.05, 4.69) is 42.3 Å². The second-order valence-electron chi connectivity index (χ2n) is 10.5. The molecule has 2 bridgehead atoms. The van der Waals surface area contributed by atoms with Gasteiger partial charge in [-0.15, -0.1) is 0 Å². The number of hydrogen-bond acceptors (Lipinski definition) is 3. The van der Waals surface area contributed by atoms with Crippen molar-refractivity contribution in [2.24, 2.45) is 5.41 Å². The minimum atomic E-state index is -0.0484. The maximum atomic E-state index is 11.5. The number of aromatic amines is 1. The van der Waals surface area contributed by atoms with E-state index in [1.165, 1.54) is 60.1 Å². The zero-order valence-electron chi connectivity index (χ0n) is 19.6. The van der Waals surface area contributed by atoms with Crippen LogP contribution in [0.3, 0.4) is 0 Å². The molecule has 2 saturated carbocycles. The van der Waals surface area contributed by atoms with E-state index in [1.54, 1.807) is 6.07 Å². The molecule has 4 fully saturated rings. The minimum Gasteiger partial charge on any atom is -0.384 e. The van der Waals surface area contributed by atoms with Gasteiger partial charge < -0.3 is 15.0 Å². The average molecular weight is 433 g/mol. The molecule has 2 saturated heterocycles. The fourth-order valence-electron chi connectivity index (χ4n) is 5.74. The molecule has 0 spiro atoms. The van der Waals surface area contributed by atoms with Crippen LogP contribution in [0.15, 0.2) is 46.9 Å². The third kappa shape index (κ3) is 4.30. The van der Waals surface area contributed by atoms with Gasteiger partial charge in [-0.3, -0.25) is 4.79 Å². The second kappa shape index (κ2) is 8.55. The third-order valence-corrected chi connectivity index (χ3v) is 8.32. The number of hydrogen-bond donors (Lipinski definition) is 2. The number of nitrogens with one attached hydrogen (secondary N) is 2. The lowest BCUT2D eigenvalue weighted by Gasteiger charge is -2.53. The van der Waals surface area contributed by atoms with Crippen LogP contribution in [0, 0.1) is 19.3 Å². The molecule has 4 aliphatic rings. The maximum absolute atomic E-state index is 11.5. The number of aromatic nitrogens is 1. The van der Waals surface area contributed by atoms with Crippen LogP contribution in [0.5, 0.6) is 0 Å². The molecule has 3 heterocycles. The van der Waals surface area contributed by atoms with Gasteiger partial charge in [0.1, 0.15) is 0 Å². The molecule has 2 N–H and O–H groups in total. The molecule has 2 aliphatic heterocycles. The number of ether oxygens (including phenoxy) is 1. The molecule has 6 rings (SSSR count). The van der Waals surface area contributed by atoms with Gasteiger partial charge in [-0.25, -0.2) is 0 Å². The highest BCUT2D eigenvalue weighted by Gasteiger charge is 2.49. The fourth-order valence-corrected chi connectivity index (χ4v) is 5.74. The van der Waals surface area contributed by atoms with Crippen molar-refractivity contribution in [2.75, 3.05) is 13.2 Å². The molecule has 1 aromatic carbocycles. The van der Waals surface area contributed by atoms with Crippen molar-refractivity contribution in [3.05, 3.63) is 74.7 Å². The van der Waals surface area contributed by atoms with Crippen LogP contribution < -0.4 is 10.9 Å². The van der Waals surface area contributed by atoms with Crippen molar-refractivity contribution in [3.8, 4) is 0 Å². The first-order chi connectivity index (χ1) is 15.5. The second-order valence-corrected chi connectivity index (χ2v) is 10.5. The molecule has 0 radical (unpaired) electrons. The van der Waals surface area contributed by atoms with Gasteiger partial charge in [0.25, 0.3) is 0 Å². The van der Waals surface area contributed by atoms with Crippen LogP contribution in [0.25, 0.3) is 5.70 Å². The first kappa shape index (κ1) is 21.5. The number of H-pyrrole nitrogens is 1. The molecule has 32 heavy (non-hydrogen) atoms. The van der Waals surface area contributed by atoms with Gasteiger partial charge in [0.05, 0.1) is 12.2 Å². The normalized spacial score (nSPS) is 26.6. The molecule has 0 unspecified atom stereocenters. The Morgan fingerprint density at radius 2 is 1.88 bits per heavy atom. The summed E-state index contributed by atoms with van der Waals surface area (Å²) in [5.41, 5.74) is 8.35. The lowest BCUT2D eigenvalue weighted by molar-refractivity contribution is -0.185. The van der Waals surface area contributed by atoms with E-state index in [0.29, 0.717) is 5.41 Å². The van der Waals surface area contributed by atoms with E-state index in [0.717, 1.165) is 44.4 Å². The van der Waals surface area contributed by atoms with Gasteiger partial charge in [-0.05, 0) is 105 Å². The number of benzene rings is 1. The van der Waals surface area contributed by atoms with Crippen LogP contribution in [0.2, 0.25) is 0 Å². The van der Waals surface area contributed by atoms with Crippen molar-refractivity contribution >= 4 is 5.70 Å². The molecular formula is C28H36N2O2. The van der Waals surface area contributed by atoms with Crippen LogP contribution >= 0.6 is 0 Å². The van der Waals surface area contributed by atoms with Gasteiger partial charge in [-0.1, -0.05) is 18.2 Å². The van der Waals surface area contributed by atoms with Crippen molar-refractivity contribution in [2.45, 2.75) is 77.2 Å². The van der Waals surface area contributed by atoms with Crippen molar-refractivity contribution in [1.29, 1.82) is 0 Å². The summed E-state index contributed by atoms with van der Waals surface area (Å²) in [6.07, 6.45) is 12.5. The minimum absolute atomic E-state index is 0.0400. The summed E-state index contributed by atoms with van der Waals surface area (Å²) in [5.74, 6) is 0. The molecule has 170 valence electrons. The van der Waals surface area contributed by atoms with Gasteiger partial charge in [0, 0.05) is 30.1 Å². The summed E-state index contributed by atoms with van der Waals surface area (Å²) in [7, 11) is 0. The van der Waals surface area contributed by atoms with Crippen molar-refractivity contribution < 1.29 is 4.74 Å². The highest BCUT2D eigenvalue weighted by atomic mass is 16.5. The highest BCUT2D eigenvalue weighted by molar-refractivity contribution is 5.67. The number of allylic oxidation sites excluding steroid dienone is 1. The van der Waals surface area contributed by atoms with Gasteiger partial charge >= 0.3 is 0 Å². The number of fused-ring (bicyclic) bond motifs is 3. The van der Waals surface area contributed by atoms with E-state index in [-0.39, 0.29) is 11.2 Å². The SMILES string of the molecule is Cc1ccc(CC23CCC(CCNC(=C4CCC4)c4ccc(=O)[nH]c4)(CC2)OC3)cc1C. The molecule has 4 nitrogen and oxygen atoms in total. The number of rotatable bonds is 7. The molecule has 0 atom stereocenters. The van der Waals surface area contributed by atoms with E-state index >= 15 is 0 Å². The van der Waals surface area contributed by atoms with Crippen LogP contribution in [-0.2, 0) is 11.2 Å². The molecule has 1 aromatic heterocycles. The van der Waals surface area contributed by atoms with Crippen molar-refractivity contribution in [3.63, 3.8) is 0 Å². The Balaban J connectivity index is 1.19. The number of aryl methyl sites for hydroxylation is 2. The third-order valence-electron chi connectivity index (χ3n) is 8.32. The zero-order valence-corrected chi connectivity index (χ0v) is 19.6. The Morgan fingerprint density at radius 3 is 2.47 bits per heavy atom. The Bertz CT molecular complexity index is 1030. The van der Waals surface area contributed by atoms with E-state index in [4.69, 9.17) is 4.74 Å². The predicted octanol–water partition coefficient (Wildman–Crippen LogP) is 5.44. The topological polar surface area (TPSA) is 54.1 Å². The summed E-state index contributed by atoms with van der Waals surface area (Å²) in [5, 5.41) is 3.72. The van der Waals surface area contributed by atoms with Gasteiger partial charge in [0.15, 0.2) is 0 Å². The van der Waals surface area contributed by atoms with E-state index in [1.807, 2.05) is 12.3 Å². The van der Waals surface area contributed by atoms with Crippen LogP contribution in [-0.4, -0.2) is 23.7 Å². The standard InChI is InChI=1S/C28H36N2O2/c1-20-6-7-22(16-21(20)2)17-27-10-12-28(13-11-27,32-19-27)14-15-29-26(23-4-3-5-23)24-8-9-25(31)30-18-24/h6-9,16,18,29H,3-5,10-15,17,19H2,1-2H3,(H,30,31). The Kier molecular flexibility index (Phi) is 5.75. The van der Waals surface area contributed by atoms with Gasteiger partial charge in [0.2, 0.25) is 5.56 Å². The Hall–Kier alpha value is -2.33. The van der Waals surface area contributed by atoms with E-state index in [9.17, 15) is 4.79 Å². The summed E-state index contributed by atoms with van der Waals surface area (Å²) < 4.78 is 6.59. The summed E-state index contributed by atoms with van der Waals surface area (Å²) in [6, 6.07) is 10.5. The molecular weight excluding hydrogens is 396 g/mol. The molecule has 2 aliphatic carbocycles. The number of pyridine rings is 1. The fraction of sp³-hybridized carbons (Fsp3) is 0.536. The smallest absolute Gasteiger partial charge is 0.247 e. The van der Waals surface area contributed by atoms with E-state index < -0.39 is 0 Å². The summed E-state index contributed by atoms with van der Waals surface area (Å²) in [6.45, 7) is 6.22. The Morgan fingerprint density at radius 1 is 1.06 bits per heavy atom.